The van der Waals surface area contributed by atoms with Crippen molar-refractivity contribution in [3.05, 3.63) is 35.5 Å². The van der Waals surface area contributed by atoms with Gasteiger partial charge in [-0.2, -0.15) is 0 Å². The molecule has 0 unspecified atom stereocenters. The summed E-state index contributed by atoms with van der Waals surface area (Å²) in [5.74, 6) is -3.77. The smallest absolute Gasteiger partial charge is 0.306 e. The predicted octanol–water partition coefficient (Wildman–Crippen LogP) is 7.83. The molecule has 0 aromatic carbocycles. The van der Waals surface area contributed by atoms with Gasteiger partial charge in [-0.05, 0) is 125 Å². The summed E-state index contributed by atoms with van der Waals surface area (Å²) in [6.45, 7) is 12.6. The standard InChI is InChI=1S/C26H32ClFO5.C25H36O6/c1-5-6-22(32)33-26(21(31)14-27)15(2)11-19-18-8-7-16-12-17(29)9-10-23(16,3)25(18,28)20(30)13-24(19,26)4;1-4-5-21(30)31-25(20(29)14-26)11-9-18-17-7-6-15-12-16(27)8-10-23(15,2)22(17)19(28)13-24(18,25)3/h9-10,12,15,18-19H,5-8,11,13-14H2,1-4H3;12,17-19,22,26,28H,4-11,13-14H2,1-3H3/t15-,18-,19-,23-,24-,25-,26-;17-,18-,19-,22+,23-,24-,25-/m00/s1. The van der Waals surface area contributed by atoms with Crippen LogP contribution in [0.3, 0.4) is 0 Å². The van der Waals surface area contributed by atoms with E-state index in [4.69, 9.17) is 21.1 Å². The number of hydrogen-bond acceptors (Lipinski definition) is 11. The lowest BCUT2D eigenvalue weighted by molar-refractivity contribution is -0.202. The summed E-state index contributed by atoms with van der Waals surface area (Å²) in [6.07, 6.45) is 12.7. The van der Waals surface area contributed by atoms with E-state index in [0.29, 0.717) is 56.9 Å². The zero-order valence-corrected chi connectivity index (χ0v) is 39.5. The first-order valence-electron chi connectivity index (χ1n) is 23.8. The summed E-state index contributed by atoms with van der Waals surface area (Å²) in [5.41, 5.74) is -6.47. The molecule has 8 rings (SSSR count). The number of fused-ring (bicyclic) bond motifs is 10. The van der Waals surface area contributed by atoms with E-state index < -0.39 is 87.0 Å². The fourth-order valence-electron chi connectivity index (χ4n) is 15.6. The third-order valence-electron chi connectivity index (χ3n) is 18.6. The van der Waals surface area contributed by atoms with Gasteiger partial charge in [0.2, 0.25) is 5.78 Å². The van der Waals surface area contributed by atoms with Crippen molar-refractivity contribution in [1.29, 1.82) is 0 Å². The summed E-state index contributed by atoms with van der Waals surface area (Å²) < 4.78 is 29.0. The minimum Gasteiger partial charge on any atom is -0.450 e. The van der Waals surface area contributed by atoms with Crippen LogP contribution in [-0.4, -0.2) is 86.5 Å². The molecule has 6 saturated carbocycles. The highest BCUT2D eigenvalue weighted by molar-refractivity contribution is 6.29. The molecule has 0 bridgehead atoms. The zero-order valence-electron chi connectivity index (χ0n) is 38.7. The van der Waals surface area contributed by atoms with Gasteiger partial charge in [0.1, 0.15) is 6.61 Å². The second-order valence-corrected chi connectivity index (χ2v) is 21.8. The molecule has 14 atom stereocenters. The number of ketones is 5. The number of aliphatic hydroxyl groups is 2. The molecule has 8 aliphatic rings. The van der Waals surface area contributed by atoms with Crippen LogP contribution in [0.25, 0.3) is 0 Å². The molecule has 6 fully saturated rings. The molecule has 0 spiro atoms. The van der Waals surface area contributed by atoms with E-state index in [1.54, 1.807) is 26.0 Å². The third-order valence-corrected chi connectivity index (χ3v) is 18.8. The average Bonchev–Trinajstić information content (AvgIpc) is 3.64. The van der Waals surface area contributed by atoms with Gasteiger partial charge in [0.15, 0.2) is 40.0 Å². The Labute approximate surface area is 381 Å². The highest BCUT2D eigenvalue weighted by Crippen LogP contribution is 2.71. The molecule has 352 valence electrons. The molecule has 13 heteroatoms. The van der Waals surface area contributed by atoms with E-state index in [1.165, 1.54) is 12.2 Å². The van der Waals surface area contributed by atoms with Crippen LogP contribution in [0.5, 0.6) is 0 Å². The highest BCUT2D eigenvalue weighted by Gasteiger charge is 2.77. The molecule has 8 aliphatic carbocycles. The molecule has 0 aromatic rings. The Hall–Kier alpha value is -3.35. The fraction of sp³-hybridized carbons (Fsp3) is 0.745. The van der Waals surface area contributed by atoms with Crippen LogP contribution in [0.1, 0.15) is 145 Å². The van der Waals surface area contributed by atoms with Gasteiger partial charge >= 0.3 is 11.9 Å². The van der Waals surface area contributed by atoms with Gasteiger partial charge in [-0.15, -0.1) is 11.6 Å². The zero-order chi connectivity index (χ0) is 47.0. The monoisotopic (exact) mass is 910 g/mol. The van der Waals surface area contributed by atoms with Crippen molar-refractivity contribution in [3.8, 4) is 0 Å². The second kappa shape index (κ2) is 17.1. The van der Waals surface area contributed by atoms with E-state index in [0.717, 1.165) is 31.3 Å². The van der Waals surface area contributed by atoms with Crippen molar-refractivity contribution >= 4 is 52.5 Å². The number of alkyl halides is 2. The lowest BCUT2D eigenvalue weighted by Gasteiger charge is -2.60. The number of ether oxygens (including phenoxy) is 2. The first-order chi connectivity index (χ1) is 30.0. The molecule has 0 amide bonds. The van der Waals surface area contributed by atoms with Gasteiger partial charge in [0, 0.05) is 53.8 Å². The van der Waals surface area contributed by atoms with E-state index in [-0.39, 0.29) is 65.8 Å². The topological polar surface area (TPSA) is 178 Å². The van der Waals surface area contributed by atoms with Crippen molar-refractivity contribution in [2.24, 2.45) is 57.2 Å². The number of Topliss-reactive ketones (excluding diaryl/α,β-unsaturated/α-hetero) is 3. The Morgan fingerprint density at radius 2 is 1.48 bits per heavy atom. The molecule has 2 N–H and O–H groups in total. The van der Waals surface area contributed by atoms with Crippen LogP contribution < -0.4 is 0 Å². The van der Waals surface area contributed by atoms with Gasteiger partial charge in [-0.1, -0.05) is 58.8 Å². The Morgan fingerprint density at radius 1 is 0.828 bits per heavy atom. The maximum absolute atomic E-state index is 17.1. The fourth-order valence-corrected chi connectivity index (χ4v) is 15.8. The summed E-state index contributed by atoms with van der Waals surface area (Å²) in [6, 6.07) is 0. The molecule has 64 heavy (non-hydrogen) atoms. The largest absolute Gasteiger partial charge is 0.450 e. The van der Waals surface area contributed by atoms with Crippen LogP contribution in [0, 0.1) is 57.2 Å². The Balaban J connectivity index is 0.000000192. The van der Waals surface area contributed by atoms with Crippen molar-refractivity contribution in [3.63, 3.8) is 0 Å². The normalized spacial score (nSPS) is 44.0. The van der Waals surface area contributed by atoms with Crippen molar-refractivity contribution in [1.82, 2.24) is 0 Å². The first-order valence-corrected chi connectivity index (χ1v) is 24.3. The molecule has 0 heterocycles. The van der Waals surface area contributed by atoms with Crippen LogP contribution >= 0.6 is 11.6 Å². The van der Waals surface area contributed by atoms with Gasteiger partial charge in [-0.3, -0.25) is 33.6 Å². The second-order valence-electron chi connectivity index (χ2n) is 21.5. The molecule has 0 aliphatic heterocycles. The Bertz CT molecular complexity index is 2090. The number of carbonyl (C=O) groups excluding carboxylic acids is 7. The summed E-state index contributed by atoms with van der Waals surface area (Å²) in [7, 11) is 0. The molecule has 0 radical (unpaired) electrons. The first kappa shape index (κ1) is 48.6. The number of aliphatic hydroxyl groups excluding tert-OH is 2. The van der Waals surface area contributed by atoms with Crippen molar-refractivity contribution in [2.45, 2.75) is 168 Å². The number of halogens is 2. The average molecular weight is 912 g/mol. The van der Waals surface area contributed by atoms with Crippen LogP contribution in [0.15, 0.2) is 35.5 Å². The SMILES string of the molecule is CCCC(=O)O[C@]1(C(=O)CCl)[C@@H](C)C[C@H]2[C@@H]3CCC4=CC(=O)C=C[C@]4(C)[C@@]3(F)C(=O)C[C@@]21C.CCCC(=O)O[C@]1(C(=O)CO)CC[C@H]2[C@@H]3CCC4=CC(=O)CC[C@]4(C)[C@H]3[C@@H](O)C[C@@]21C. The summed E-state index contributed by atoms with van der Waals surface area (Å²) in [5, 5.41) is 21.3. The third kappa shape index (κ3) is 6.77. The van der Waals surface area contributed by atoms with E-state index in [9.17, 15) is 43.8 Å². The van der Waals surface area contributed by atoms with E-state index in [1.807, 2.05) is 27.7 Å². The van der Waals surface area contributed by atoms with Gasteiger partial charge < -0.3 is 19.7 Å². The maximum atomic E-state index is 17.1. The maximum Gasteiger partial charge on any atom is 0.306 e. The minimum atomic E-state index is -2.19. The minimum absolute atomic E-state index is 0.0325. The number of carbonyl (C=O) groups is 7. The molecule has 0 aromatic heterocycles. The van der Waals surface area contributed by atoms with Crippen LogP contribution in [0.2, 0.25) is 0 Å². The van der Waals surface area contributed by atoms with Crippen molar-refractivity contribution < 1.29 is 57.6 Å². The van der Waals surface area contributed by atoms with Crippen LogP contribution in [-0.2, 0) is 43.0 Å². The molecule has 11 nitrogen and oxygen atoms in total. The van der Waals surface area contributed by atoms with Gasteiger partial charge in [-0.25, -0.2) is 4.39 Å². The number of esters is 2. The Kier molecular flexibility index (Phi) is 13.0. The van der Waals surface area contributed by atoms with Gasteiger partial charge in [0.25, 0.3) is 0 Å². The lowest BCUT2D eigenvalue weighted by atomic mass is 9.45. The molecule has 0 saturated heterocycles. The Morgan fingerprint density at radius 3 is 2.12 bits per heavy atom. The van der Waals surface area contributed by atoms with Gasteiger partial charge in [0.05, 0.1) is 12.0 Å². The van der Waals surface area contributed by atoms with E-state index >= 15 is 4.39 Å². The number of rotatable bonds is 10. The molecular weight excluding hydrogens is 843 g/mol. The van der Waals surface area contributed by atoms with E-state index in [2.05, 4.69) is 6.92 Å². The lowest BCUT2D eigenvalue weighted by Crippen LogP contribution is -2.68. The molecular formula is C51H68ClFO11. The quantitative estimate of drug-likeness (QED) is 0.161. The number of hydrogen-bond donors (Lipinski definition) is 2. The number of allylic oxidation sites excluding steroid dienone is 5. The predicted molar refractivity (Wildman–Crippen MR) is 235 cm³/mol. The summed E-state index contributed by atoms with van der Waals surface area (Å²) >= 11 is 6.02. The van der Waals surface area contributed by atoms with Crippen molar-refractivity contribution in [2.75, 3.05) is 12.5 Å². The summed E-state index contributed by atoms with van der Waals surface area (Å²) in [4.78, 5) is 89.3. The van der Waals surface area contributed by atoms with Crippen LogP contribution in [0.4, 0.5) is 4.39 Å². The highest BCUT2D eigenvalue weighted by atomic mass is 35.5.